The van der Waals surface area contributed by atoms with Crippen molar-refractivity contribution in [2.24, 2.45) is 0 Å². The quantitative estimate of drug-likeness (QED) is 0.733. The molecule has 1 aromatic heterocycles. The molecule has 6 nitrogen and oxygen atoms in total. The summed E-state index contributed by atoms with van der Waals surface area (Å²) in [7, 11) is 0. The minimum atomic E-state index is -0.266. The van der Waals surface area contributed by atoms with Gasteiger partial charge in [-0.3, -0.25) is 5.32 Å². The van der Waals surface area contributed by atoms with Crippen LogP contribution in [0, 0.1) is 0 Å². The van der Waals surface area contributed by atoms with Crippen LogP contribution in [0.5, 0.6) is 5.75 Å². The number of anilines is 1. The Morgan fingerprint density at radius 3 is 2.94 bits per heavy atom. The Bertz CT molecular complexity index is 377. The Labute approximate surface area is 92.8 Å². The molecule has 0 aliphatic carbocycles. The molecule has 2 amide bonds. The van der Waals surface area contributed by atoms with E-state index >= 15 is 0 Å². The van der Waals surface area contributed by atoms with E-state index in [1.165, 1.54) is 12.3 Å². The number of ether oxygens (including phenoxy) is 1. The lowest BCUT2D eigenvalue weighted by atomic mass is 10.4. The van der Waals surface area contributed by atoms with Crippen LogP contribution in [0.25, 0.3) is 0 Å². The van der Waals surface area contributed by atoms with Gasteiger partial charge in [-0.25, -0.2) is 9.78 Å². The highest BCUT2D eigenvalue weighted by atomic mass is 16.5. The summed E-state index contributed by atoms with van der Waals surface area (Å²) in [6.45, 7) is 2.20. The Kier molecular flexibility index (Phi) is 3.21. The second-order valence-corrected chi connectivity index (χ2v) is 3.40. The second-order valence-electron chi connectivity index (χ2n) is 3.40. The van der Waals surface area contributed by atoms with Gasteiger partial charge in [0.1, 0.15) is 0 Å². The highest BCUT2D eigenvalue weighted by Crippen LogP contribution is 2.18. The van der Waals surface area contributed by atoms with Gasteiger partial charge >= 0.3 is 6.03 Å². The molecule has 0 atom stereocenters. The van der Waals surface area contributed by atoms with E-state index in [0.29, 0.717) is 26.3 Å². The molecule has 1 saturated heterocycles. The fourth-order valence-electron chi connectivity index (χ4n) is 1.44. The summed E-state index contributed by atoms with van der Waals surface area (Å²) < 4.78 is 5.14. The summed E-state index contributed by atoms with van der Waals surface area (Å²) in [5.74, 6) is 0.142. The van der Waals surface area contributed by atoms with Crippen molar-refractivity contribution in [1.82, 2.24) is 9.88 Å². The summed E-state index contributed by atoms with van der Waals surface area (Å²) in [4.78, 5) is 17.2. The van der Waals surface area contributed by atoms with Crippen molar-refractivity contribution in [2.75, 3.05) is 31.6 Å². The molecule has 0 radical (unpaired) electrons. The number of morpholine rings is 1. The first kappa shape index (κ1) is 10.7. The number of pyridine rings is 1. The van der Waals surface area contributed by atoms with Gasteiger partial charge in [0.15, 0.2) is 11.6 Å². The largest absolute Gasteiger partial charge is 0.504 e. The van der Waals surface area contributed by atoms with E-state index in [2.05, 4.69) is 10.3 Å². The van der Waals surface area contributed by atoms with Crippen LogP contribution < -0.4 is 5.32 Å². The molecular formula is C10H13N3O3. The number of hydrogen-bond donors (Lipinski definition) is 2. The summed E-state index contributed by atoms with van der Waals surface area (Å²) in [6, 6.07) is 2.80. The van der Waals surface area contributed by atoms with Crippen LogP contribution in [0.15, 0.2) is 18.3 Å². The van der Waals surface area contributed by atoms with E-state index in [1.807, 2.05) is 0 Å². The summed E-state index contributed by atoms with van der Waals surface area (Å²) in [5, 5.41) is 12.0. The number of carbonyl (C=O) groups excluding carboxylic acids is 1. The molecule has 16 heavy (non-hydrogen) atoms. The van der Waals surface area contributed by atoms with Gasteiger partial charge in [-0.1, -0.05) is 0 Å². The number of urea groups is 1. The van der Waals surface area contributed by atoms with Crippen molar-refractivity contribution in [2.45, 2.75) is 0 Å². The van der Waals surface area contributed by atoms with E-state index < -0.39 is 0 Å². The Morgan fingerprint density at radius 1 is 1.50 bits per heavy atom. The maximum absolute atomic E-state index is 11.7. The molecule has 2 N–H and O–H groups in total. The topological polar surface area (TPSA) is 74.7 Å². The number of carbonyl (C=O) groups is 1. The first-order valence-electron chi connectivity index (χ1n) is 5.05. The van der Waals surface area contributed by atoms with Crippen molar-refractivity contribution < 1.29 is 14.6 Å². The van der Waals surface area contributed by atoms with Crippen LogP contribution in [0.1, 0.15) is 0 Å². The van der Waals surface area contributed by atoms with Crippen molar-refractivity contribution in [3.8, 4) is 5.75 Å². The van der Waals surface area contributed by atoms with Gasteiger partial charge in [0.25, 0.3) is 0 Å². The molecule has 1 fully saturated rings. The fraction of sp³-hybridized carbons (Fsp3) is 0.400. The second kappa shape index (κ2) is 4.80. The zero-order valence-electron chi connectivity index (χ0n) is 8.72. The lowest BCUT2D eigenvalue weighted by Crippen LogP contribution is -2.43. The Morgan fingerprint density at radius 2 is 2.25 bits per heavy atom. The van der Waals surface area contributed by atoms with E-state index in [0.717, 1.165) is 0 Å². The zero-order chi connectivity index (χ0) is 11.4. The summed E-state index contributed by atoms with van der Waals surface area (Å²) >= 11 is 0. The molecule has 0 spiro atoms. The number of nitrogens with zero attached hydrogens (tertiary/aromatic N) is 2. The van der Waals surface area contributed by atoms with Crippen LogP contribution >= 0.6 is 0 Å². The Balaban J connectivity index is 1.99. The number of amides is 2. The van der Waals surface area contributed by atoms with Gasteiger partial charge in [-0.15, -0.1) is 0 Å². The number of hydrogen-bond acceptors (Lipinski definition) is 4. The first-order chi connectivity index (χ1) is 7.77. The lowest BCUT2D eigenvalue weighted by Gasteiger charge is -2.26. The summed E-state index contributed by atoms with van der Waals surface area (Å²) in [5.41, 5.74) is 0. The van der Waals surface area contributed by atoms with E-state index in [1.54, 1.807) is 11.0 Å². The van der Waals surface area contributed by atoms with Crippen LogP contribution in [-0.4, -0.2) is 47.3 Å². The van der Waals surface area contributed by atoms with Gasteiger partial charge in [-0.05, 0) is 12.1 Å². The van der Waals surface area contributed by atoms with Gasteiger partial charge < -0.3 is 14.7 Å². The van der Waals surface area contributed by atoms with Gasteiger partial charge in [0.2, 0.25) is 0 Å². The van der Waals surface area contributed by atoms with Crippen LogP contribution in [0.4, 0.5) is 10.6 Å². The molecule has 2 rings (SSSR count). The molecule has 0 bridgehead atoms. The highest BCUT2D eigenvalue weighted by Gasteiger charge is 2.17. The standard InChI is InChI=1S/C10H13N3O3/c14-8-2-1-3-11-9(8)12-10(15)13-4-6-16-7-5-13/h1-3,14H,4-7H2,(H,11,12,15). The highest BCUT2D eigenvalue weighted by molar-refractivity contribution is 5.89. The third-order valence-corrected chi connectivity index (χ3v) is 2.31. The van der Waals surface area contributed by atoms with Gasteiger partial charge in [-0.2, -0.15) is 0 Å². The van der Waals surface area contributed by atoms with E-state index in [-0.39, 0.29) is 17.6 Å². The smallest absolute Gasteiger partial charge is 0.323 e. The normalized spacial score (nSPS) is 15.9. The van der Waals surface area contributed by atoms with E-state index in [4.69, 9.17) is 4.74 Å². The van der Waals surface area contributed by atoms with Crippen LogP contribution in [0.3, 0.4) is 0 Å². The number of aromatic hydroxyl groups is 1. The van der Waals surface area contributed by atoms with Crippen molar-refractivity contribution in [3.05, 3.63) is 18.3 Å². The SMILES string of the molecule is O=C(Nc1ncccc1O)N1CCOCC1. The Hall–Kier alpha value is -1.82. The third-order valence-electron chi connectivity index (χ3n) is 2.31. The van der Waals surface area contributed by atoms with Crippen LogP contribution in [-0.2, 0) is 4.74 Å². The minimum absolute atomic E-state index is 0.0379. The van der Waals surface area contributed by atoms with Gasteiger partial charge in [0, 0.05) is 19.3 Å². The number of nitrogens with one attached hydrogen (secondary N) is 1. The molecule has 1 aromatic rings. The van der Waals surface area contributed by atoms with Crippen molar-refractivity contribution >= 4 is 11.8 Å². The fourth-order valence-corrected chi connectivity index (χ4v) is 1.44. The molecule has 2 heterocycles. The lowest BCUT2D eigenvalue weighted by molar-refractivity contribution is 0.0564. The average molecular weight is 223 g/mol. The van der Waals surface area contributed by atoms with Gasteiger partial charge in [0.05, 0.1) is 13.2 Å². The van der Waals surface area contributed by atoms with Crippen molar-refractivity contribution in [3.63, 3.8) is 0 Å². The maximum Gasteiger partial charge on any atom is 0.323 e. The average Bonchev–Trinajstić information content (AvgIpc) is 2.33. The third kappa shape index (κ3) is 2.40. The molecule has 0 saturated carbocycles. The molecular weight excluding hydrogens is 210 g/mol. The maximum atomic E-state index is 11.7. The van der Waals surface area contributed by atoms with Crippen molar-refractivity contribution in [1.29, 1.82) is 0 Å². The predicted octanol–water partition coefficient (Wildman–Crippen LogP) is 0.651. The first-order valence-corrected chi connectivity index (χ1v) is 5.05. The molecule has 0 aromatic carbocycles. The van der Waals surface area contributed by atoms with E-state index in [9.17, 15) is 9.90 Å². The summed E-state index contributed by atoms with van der Waals surface area (Å²) in [6.07, 6.45) is 1.51. The molecule has 6 heteroatoms. The van der Waals surface area contributed by atoms with Crippen LogP contribution in [0.2, 0.25) is 0 Å². The monoisotopic (exact) mass is 223 g/mol. The molecule has 1 aliphatic rings. The molecule has 0 unspecified atom stereocenters. The number of aromatic nitrogens is 1. The zero-order valence-corrected chi connectivity index (χ0v) is 8.72. The minimum Gasteiger partial charge on any atom is -0.504 e. The molecule has 86 valence electrons. The predicted molar refractivity (Wildman–Crippen MR) is 57.3 cm³/mol. The molecule has 1 aliphatic heterocycles. The number of rotatable bonds is 1.